The van der Waals surface area contributed by atoms with Crippen LogP contribution in [0.1, 0.15) is 41.2 Å². The molecule has 1 atom stereocenters. The van der Waals surface area contributed by atoms with E-state index in [9.17, 15) is 14.9 Å². The molecule has 1 aliphatic heterocycles. The third-order valence-electron chi connectivity index (χ3n) is 5.42. The Labute approximate surface area is 152 Å². The van der Waals surface area contributed by atoms with Crippen LogP contribution >= 0.6 is 0 Å². The van der Waals surface area contributed by atoms with Gasteiger partial charge in [-0.25, -0.2) is 4.79 Å². The van der Waals surface area contributed by atoms with Crippen LogP contribution in [0.5, 0.6) is 0 Å². The van der Waals surface area contributed by atoms with Gasteiger partial charge in [0.05, 0.1) is 18.2 Å². The molecule has 5 nitrogen and oxygen atoms in total. The predicted molar refractivity (Wildman–Crippen MR) is 96.1 cm³/mol. The molecule has 4 rings (SSSR count). The number of amides is 3. The van der Waals surface area contributed by atoms with Gasteiger partial charge in [-0.05, 0) is 54.5 Å². The monoisotopic (exact) mass is 345 g/mol. The van der Waals surface area contributed by atoms with Crippen LogP contribution in [-0.4, -0.2) is 16.8 Å². The summed E-state index contributed by atoms with van der Waals surface area (Å²) in [6.45, 7) is 1.84. The Morgan fingerprint density at radius 2 is 1.92 bits per heavy atom. The van der Waals surface area contributed by atoms with Gasteiger partial charge in [0.25, 0.3) is 5.91 Å². The van der Waals surface area contributed by atoms with Crippen molar-refractivity contribution in [2.45, 2.75) is 38.3 Å². The smallest absolute Gasteiger partial charge is 0.319 e. The van der Waals surface area contributed by atoms with E-state index < -0.39 is 11.6 Å². The van der Waals surface area contributed by atoms with Crippen molar-refractivity contribution in [2.24, 2.45) is 0 Å². The van der Waals surface area contributed by atoms with Crippen LogP contribution in [0.25, 0.3) is 0 Å². The molecule has 5 heteroatoms. The number of aryl methyl sites for hydroxylation is 2. The van der Waals surface area contributed by atoms with Crippen molar-refractivity contribution in [3.63, 3.8) is 0 Å². The molecular weight excluding hydrogens is 326 g/mol. The lowest BCUT2D eigenvalue weighted by Crippen LogP contribution is -2.41. The molecule has 2 aliphatic rings. The number of nitriles is 1. The zero-order valence-electron chi connectivity index (χ0n) is 14.6. The second kappa shape index (κ2) is 5.99. The molecule has 0 saturated carbocycles. The van der Waals surface area contributed by atoms with Crippen molar-refractivity contribution >= 4 is 11.9 Å². The van der Waals surface area contributed by atoms with Crippen LogP contribution in [0.15, 0.2) is 42.5 Å². The van der Waals surface area contributed by atoms with Crippen LogP contribution in [0.2, 0.25) is 0 Å². The number of rotatable bonds is 3. The number of fused-ring (bicyclic) bond motifs is 1. The van der Waals surface area contributed by atoms with Gasteiger partial charge in [0.2, 0.25) is 0 Å². The number of carbonyl (C=O) groups is 2. The number of nitrogens with zero attached hydrogens (tertiary/aromatic N) is 2. The topological polar surface area (TPSA) is 73.2 Å². The van der Waals surface area contributed by atoms with E-state index in [1.807, 2.05) is 12.1 Å². The maximum atomic E-state index is 13.1. The maximum Gasteiger partial charge on any atom is 0.325 e. The Morgan fingerprint density at radius 3 is 2.73 bits per heavy atom. The van der Waals surface area contributed by atoms with Crippen LogP contribution in [-0.2, 0) is 29.7 Å². The molecule has 0 unspecified atom stereocenters. The van der Waals surface area contributed by atoms with Gasteiger partial charge in [0.15, 0.2) is 0 Å². The van der Waals surface area contributed by atoms with E-state index in [2.05, 4.69) is 17.5 Å². The summed E-state index contributed by atoms with van der Waals surface area (Å²) in [5, 5.41) is 12.1. The first-order valence-electron chi connectivity index (χ1n) is 8.77. The van der Waals surface area contributed by atoms with E-state index in [1.165, 1.54) is 16.0 Å². The molecule has 0 aromatic heterocycles. The SMILES string of the molecule is C[C@@]1(c2ccc3c(c2)CCC3)NC(=O)N(Cc2ccccc2C#N)C1=O. The quantitative estimate of drug-likeness (QED) is 0.869. The third kappa shape index (κ3) is 2.46. The minimum atomic E-state index is -1.07. The summed E-state index contributed by atoms with van der Waals surface area (Å²) in [4.78, 5) is 26.8. The zero-order chi connectivity index (χ0) is 18.3. The van der Waals surface area contributed by atoms with Gasteiger partial charge >= 0.3 is 6.03 Å². The predicted octanol–water partition coefficient (Wildman–Crippen LogP) is 3.01. The largest absolute Gasteiger partial charge is 0.325 e. The molecule has 1 aliphatic carbocycles. The molecule has 3 amide bonds. The van der Waals surface area contributed by atoms with E-state index in [1.54, 1.807) is 31.2 Å². The number of benzene rings is 2. The normalized spacial score (nSPS) is 21.5. The van der Waals surface area contributed by atoms with E-state index >= 15 is 0 Å². The van der Waals surface area contributed by atoms with Crippen molar-refractivity contribution in [2.75, 3.05) is 0 Å². The summed E-state index contributed by atoms with van der Waals surface area (Å²) >= 11 is 0. The lowest BCUT2D eigenvalue weighted by Gasteiger charge is -2.23. The molecule has 1 N–H and O–H groups in total. The van der Waals surface area contributed by atoms with E-state index in [0.29, 0.717) is 11.1 Å². The second-order valence-corrected chi connectivity index (χ2v) is 7.05. The highest BCUT2D eigenvalue weighted by Crippen LogP contribution is 2.33. The van der Waals surface area contributed by atoms with Gasteiger partial charge in [0.1, 0.15) is 5.54 Å². The van der Waals surface area contributed by atoms with Gasteiger partial charge in [-0.3, -0.25) is 9.69 Å². The molecule has 1 fully saturated rings. The summed E-state index contributed by atoms with van der Waals surface area (Å²) in [7, 11) is 0. The molecular formula is C21H19N3O2. The Bertz CT molecular complexity index is 960. The fourth-order valence-electron chi connectivity index (χ4n) is 3.86. The average Bonchev–Trinajstić information content (AvgIpc) is 3.20. The molecule has 0 bridgehead atoms. The summed E-state index contributed by atoms with van der Waals surface area (Å²) in [6, 6.07) is 14.8. The van der Waals surface area contributed by atoms with Crippen molar-refractivity contribution in [3.8, 4) is 6.07 Å². The molecule has 1 saturated heterocycles. The Morgan fingerprint density at radius 1 is 1.15 bits per heavy atom. The molecule has 0 radical (unpaired) electrons. The average molecular weight is 345 g/mol. The molecule has 2 aromatic rings. The van der Waals surface area contributed by atoms with Gasteiger partial charge in [-0.1, -0.05) is 36.4 Å². The van der Waals surface area contributed by atoms with Crippen LogP contribution in [0.3, 0.4) is 0 Å². The zero-order valence-corrected chi connectivity index (χ0v) is 14.6. The van der Waals surface area contributed by atoms with E-state index in [0.717, 1.165) is 24.8 Å². The number of carbonyl (C=O) groups excluding carboxylic acids is 2. The fourth-order valence-corrected chi connectivity index (χ4v) is 3.86. The van der Waals surface area contributed by atoms with Crippen molar-refractivity contribution < 1.29 is 9.59 Å². The molecule has 0 spiro atoms. The maximum absolute atomic E-state index is 13.1. The Hall–Kier alpha value is -3.13. The summed E-state index contributed by atoms with van der Waals surface area (Å²) in [6.07, 6.45) is 3.22. The van der Waals surface area contributed by atoms with Crippen LogP contribution in [0, 0.1) is 11.3 Å². The molecule has 2 aromatic carbocycles. The molecule has 1 heterocycles. The fraction of sp³-hybridized carbons (Fsp3) is 0.286. The summed E-state index contributed by atoms with van der Waals surface area (Å²) in [5.74, 6) is -0.284. The standard InChI is InChI=1S/C21H19N3O2/c1-21(18-10-9-14-7-4-8-15(14)11-18)19(25)24(20(26)23-21)13-17-6-3-2-5-16(17)12-22/h2-3,5-6,9-11H,4,7-8,13H2,1H3,(H,23,26)/t21-/m0/s1. The Kier molecular flexibility index (Phi) is 3.77. The molecule has 26 heavy (non-hydrogen) atoms. The van der Waals surface area contributed by atoms with E-state index in [4.69, 9.17) is 0 Å². The summed E-state index contributed by atoms with van der Waals surface area (Å²) < 4.78 is 0. The highest BCUT2D eigenvalue weighted by molar-refractivity contribution is 6.07. The van der Waals surface area contributed by atoms with Crippen molar-refractivity contribution in [1.29, 1.82) is 5.26 Å². The number of imide groups is 1. The molecule has 130 valence electrons. The van der Waals surface area contributed by atoms with Gasteiger partial charge in [0, 0.05) is 0 Å². The van der Waals surface area contributed by atoms with Crippen molar-refractivity contribution in [3.05, 3.63) is 70.3 Å². The first-order valence-corrected chi connectivity index (χ1v) is 8.77. The number of urea groups is 1. The summed E-state index contributed by atoms with van der Waals surface area (Å²) in [5.41, 5.74) is 3.47. The highest BCUT2D eigenvalue weighted by Gasteiger charge is 2.49. The number of nitrogens with one attached hydrogen (secondary N) is 1. The first-order chi connectivity index (χ1) is 12.5. The first kappa shape index (κ1) is 16.3. The minimum absolute atomic E-state index is 0.0922. The Balaban J connectivity index is 1.65. The minimum Gasteiger partial charge on any atom is -0.319 e. The lowest BCUT2D eigenvalue weighted by molar-refractivity contribution is -0.131. The van der Waals surface area contributed by atoms with Gasteiger partial charge in [-0.15, -0.1) is 0 Å². The van der Waals surface area contributed by atoms with Crippen LogP contribution < -0.4 is 5.32 Å². The number of hydrogen-bond acceptors (Lipinski definition) is 3. The lowest BCUT2D eigenvalue weighted by atomic mass is 9.89. The highest BCUT2D eigenvalue weighted by atomic mass is 16.2. The number of hydrogen-bond donors (Lipinski definition) is 1. The van der Waals surface area contributed by atoms with Gasteiger partial charge < -0.3 is 5.32 Å². The second-order valence-electron chi connectivity index (χ2n) is 7.05. The third-order valence-corrected chi connectivity index (χ3v) is 5.42. The van der Waals surface area contributed by atoms with Crippen LogP contribution in [0.4, 0.5) is 4.79 Å². The van der Waals surface area contributed by atoms with Crippen molar-refractivity contribution in [1.82, 2.24) is 10.2 Å². The van der Waals surface area contributed by atoms with E-state index in [-0.39, 0.29) is 12.5 Å². The van der Waals surface area contributed by atoms with Gasteiger partial charge in [-0.2, -0.15) is 5.26 Å².